The Morgan fingerprint density at radius 2 is 1.86 bits per heavy atom. The Bertz CT molecular complexity index is 593. The Balaban J connectivity index is 2.33. The predicted octanol–water partition coefficient (Wildman–Crippen LogP) is 3.22. The fourth-order valence-corrected chi connectivity index (χ4v) is 2.16. The maximum absolute atomic E-state index is 10.6. The third kappa shape index (κ3) is 3.74. The molecule has 2 atom stereocenters. The fourth-order valence-electron chi connectivity index (χ4n) is 1.93. The zero-order valence-electron chi connectivity index (χ0n) is 12.6. The number of halogens is 1. The van der Waals surface area contributed by atoms with Crippen LogP contribution in [0.5, 0.6) is 5.75 Å². The van der Waals surface area contributed by atoms with Crippen LogP contribution >= 0.6 is 11.6 Å². The summed E-state index contributed by atoms with van der Waals surface area (Å²) in [5.41, 5.74) is 0.552. The minimum atomic E-state index is -0.733. The first kappa shape index (κ1) is 15.8. The van der Waals surface area contributed by atoms with Gasteiger partial charge in [0.05, 0.1) is 0 Å². The lowest BCUT2D eigenvalue weighted by molar-refractivity contribution is -0.0678. The Morgan fingerprint density at radius 1 is 1.24 bits per heavy atom. The molecule has 0 spiro atoms. The van der Waals surface area contributed by atoms with Gasteiger partial charge in [-0.25, -0.2) is 0 Å². The molecule has 2 rings (SSSR count). The number of ether oxygens (including phenoxy) is 1. The van der Waals surface area contributed by atoms with Crippen LogP contribution in [-0.4, -0.2) is 26.0 Å². The zero-order chi connectivity index (χ0) is 15.6. The van der Waals surface area contributed by atoms with Gasteiger partial charge >= 0.3 is 0 Å². The lowest BCUT2D eigenvalue weighted by Gasteiger charge is -2.33. The molecule has 2 unspecified atom stereocenters. The fraction of sp³-hybridized carbons (Fsp3) is 0.467. The molecule has 6 heteroatoms. The van der Waals surface area contributed by atoms with E-state index in [0.29, 0.717) is 10.8 Å². The van der Waals surface area contributed by atoms with Gasteiger partial charge in [-0.2, -0.15) is 0 Å². The van der Waals surface area contributed by atoms with Crippen molar-refractivity contribution in [1.82, 2.24) is 14.8 Å². The summed E-state index contributed by atoms with van der Waals surface area (Å²) in [6, 6.07) is 5.38. The van der Waals surface area contributed by atoms with Crippen LogP contribution in [0.25, 0.3) is 0 Å². The summed E-state index contributed by atoms with van der Waals surface area (Å²) in [4.78, 5) is 0. The summed E-state index contributed by atoms with van der Waals surface area (Å²) in [7, 11) is 0. The molecule has 0 saturated carbocycles. The Labute approximate surface area is 129 Å². The van der Waals surface area contributed by atoms with Crippen LogP contribution in [0.2, 0.25) is 5.02 Å². The number of aromatic nitrogens is 3. The molecule has 0 amide bonds. The van der Waals surface area contributed by atoms with E-state index in [-0.39, 0.29) is 5.41 Å². The molecular formula is C15H20ClN3O2. The Hall–Kier alpha value is -1.59. The number of hydrogen-bond acceptors (Lipinski definition) is 4. The van der Waals surface area contributed by atoms with E-state index in [1.54, 1.807) is 16.7 Å². The molecule has 114 valence electrons. The van der Waals surface area contributed by atoms with E-state index in [1.807, 2.05) is 33.8 Å². The SMILES string of the molecule is Cc1cc(Cl)ccc1OC(C(O)C(C)(C)C)n1cnnc1. The van der Waals surface area contributed by atoms with Gasteiger partial charge < -0.3 is 9.84 Å². The number of aryl methyl sites for hydroxylation is 1. The average Bonchev–Trinajstić information content (AvgIpc) is 2.90. The lowest BCUT2D eigenvalue weighted by atomic mass is 9.88. The van der Waals surface area contributed by atoms with Crippen molar-refractivity contribution < 1.29 is 9.84 Å². The Morgan fingerprint density at radius 3 is 2.38 bits per heavy atom. The number of hydrogen-bond donors (Lipinski definition) is 1. The molecule has 21 heavy (non-hydrogen) atoms. The summed E-state index contributed by atoms with van der Waals surface area (Å²) < 4.78 is 7.66. The second-order valence-corrected chi connectivity index (χ2v) is 6.57. The largest absolute Gasteiger partial charge is 0.467 e. The van der Waals surface area contributed by atoms with Crippen LogP contribution in [-0.2, 0) is 0 Å². The number of benzene rings is 1. The van der Waals surface area contributed by atoms with Crippen LogP contribution in [0.1, 0.15) is 32.6 Å². The number of aliphatic hydroxyl groups is 1. The van der Waals surface area contributed by atoms with E-state index in [9.17, 15) is 5.11 Å². The van der Waals surface area contributed by atoms with Gasteiger partial charge in [-0.3, -0.25) is 4.57 Å². The molecule has 1 aromatic heterocycles. The van der Waals surface area contributed by atoms with Gasteiger partial charge in [0.2, 0.25) is 6.23 Å². The molecule has 2 aromatic rings. The molecule has 0 fully saturated rings. The number of rotatable bonds is 4. The first-order valence-electron chi connectivity index (χ1n) is 6.74. The van der Waals surface area contributed by atoms with Crippen molar-refractivity contribution in [3.8, 4) is 5.75 Å². The van der Waals surface area contributed by atoms with E-state index in [0.717, 1.165) is 5.56 Å². The van der Waals surface area contributed by atoms with Crippen molar-refractivity contribution in [2.24, 2.45) is 5.41 Å². The third-order valence-corrected chi connectivity index (χ3v) is 3.51. The highest BCUT2D eigenvalue weighted by Crippen LogP contribution is 2.32. The highest BCUT2D eigenvalue weighted by Gasteiger charge is 2.33. The van der Waals surface area contributed by atoms with Gasteiger partial charge in [0, 0.05) is 5.02 Å². The normalized spacial score (nSPS) is 14.8. The maximum Gasteiger partial charge on any atom is 0.204 e. The third-order valence-electron chi connectivity index (χ3n) is 3.27. The minimum Gasteiger partial charge on any atom is -0.467 e. The number of aliphatic hydroxyl groups excluding tert-OH is 1. The van der Waals surface area contributed by atoms with E-state index in [2.05, 4.69) is 10.2 Å². The summed E-state index contributed by atoms with van der Waals surface area (Å²) in [5, 5.41) is 18.8. The molecule has 0 bridgehead atoms. The molecular weight excluding hydrogens is 290 g/mol. The summed E-state index contributed by atoms with van der Waals surface area (Å²) >= 11 is 5.96. The van der Waals surface area contributed by atoms with Crippen molar-refractivity contribution in [1.29, 1.82) is 0 Å². The standard InChI is InChI=1S/C15H20ClN3O2/c1-10-7-11(16)5-6-12(10)21-14(13(20)15(2,3)4)19-8-17-18-9-19/h5-9,13-14,20H,1-4H3. The topological polar surface area (TPSA) is 60.2 Å². The van der Waals surface area contributed by atoms with Gasteiger partial charge in [0.25, 0.3) is 0 Å². The second kappa shape index (κ2) is 6.03. The van der Waals surface area contributed by atoms with Gasteiger partial charge in [0.1, 0.15) is 24.5 Å². The Kier molecular flexibility index (Phi) is 4.54. The monoisotopic (exact) mass is 309 g/mol. The van der Waals surface area contributed by atoms with Crippen LogP contribution < -0.4 is 4.74 Å². The van der Waals surface area contributed by atoms with E-state index in [1.165, 1.54) is 12.7 Å². The maximum atomic E-state index is 10.6. The molecule has 1 aromatic carbocycles. The molecule has 1 N–H and O–H groups in total. The van der Waals surface area contributed by atoms with Crippen LogP contribution in [0, 0.1) is 12.3 Å². The van der Waals surface area contributed by atoms with Gasteiger partial charge in [-0.15, -0.1) is 10.2 Å². The van der Waals surface area contributed by atoms with Crippen LogP contribution in [0.3, 0.4) is 0 Å². The lowest BCUT2D eigenvalue weighted by Crippen LogP contribution is -2.38. The van der Waals surface area contributed by atoms with Crippen LogP contribution in [0.4, 0.5) is 0 Å². The smallest absolute Gasteiger partial charge is 0.204 e. The summed E-state index contributed by atoms with van der Waals surface area (Å²) in [6.07, 6.45) is 1.72. The van der Waals surface area contributed by atoms with Crippen molar-refractivity contribution in [2.75, 3.05) is 0 Å². The highest BCUT2D eigenvalue weighted by molar-refractivity contribution is 6.30. The summed E-state index contributed by atoms with van der Waals surface area (Å²) in [6.45, 7) is 7.77. The first-order chi connectivity index (χ1) is 9.79. The van der Waals surface area contributed by atoms with Crippen molar-refractivity contribution in [2.45, 2.75) is 40.0 Å². The molecule has 0 saturated heterocycles. The molecule has 0 radical (unpaired) electrons. The average molecular weight is 310 g/mol. The van der Waals surface area contributed by atoms with Gasteiger partial charge in [-0.05, 0) is 36.1 Å². The predicted molar refractivity (Wildman–Crippen MR) is 81.3 cm³/mol. The van der Waals surface area contributed by atoms with Gasteiger partial charge in [0.15, 0.2) is 0 Å². The quantitative estimate of drug-likeness (QED) is 0.942. The van der Waals surface area contributed by atoms with Gasteiger partial charge in [-0.1, -0.05) is 32.4 Å². The summed E-state index contributed by atoms with van der Waals surface area (Å²) in [5.74, 6) is 0.668. The molecule has 1 heterocycles. The van der Waals surface area contributed by atoms with E-state index >= 15 is 0 Å². The second-order valence-electron chi connectivity index (χ2n) is 6.14. The van der Waals surface area contributed by atoms with Crippen LogP contribution in [0.15, 0.2) is 30.9 Å². The molecule has 0 aliphatic heterocycles. The van der Waals surface area contributed by atoms with E-state index in [4.69, 9.17) is 16.3 Å². The zero-order valence-corrected chi connectivity index (χ0v) is 13.4. The molecule has 0 aliphatic rings. The van der Waals surface area contributed by atoms with Crippen molar-refractivity contribution in [3.63, 3.8) is 0 Å². The minimum absolute atomic E-state index is 0.352. The number of nitrogens with zero attached hydrogens (tertiary/aromatic N) is 3. The van der Waals surface area contributed by atoms with Crippen molar-refractivity contribution in [3.05, 3.63) is 41.4 Å². The van der Waals surface area contributed by atoms with Crippen molar-refractivity contribution >= 4 is 11.6 Å². The van der Waals surface area contributed by atoms with E-state index < -0.39 is 12.3 Å². The first-order valence-corrected chi connectivity index (χ1v) is 7.12. The highest BCUT2D eigenvalue weighted by atomic mass is 35.5. The molecule has 5 nitrogen and oxygen atoms in total. The molecule has 0 aliphatic carbocycles.